The van der Waals surface area contributed by atoms with Gasteiger partial charge in [-0.3, -0.25) is 24.1 Å². The van der Waals surface area contributed by atoms with Gasteiger partial charge >= 0.3 is 5.97 Å². The molecule has 3 rings (SSSR count). The Hall–Kier alpha value is -3.48. The molecule has 1 N–H and O–H groups in total. The predicted molar refractivity (Wildman–Crippen MR) is 100 cm³/mol. The summed E-state index contributed by atoms with van der Waals surface area (Å²) in [4.78, 5) is 49.8. The van der Waals surface area contributed by atoms with Crippen molar-refractivity contribution in [3.63, 3.8) is 0 Å². The van der Waals surface area contributed by atoms with Gasteiger partial charge in [0.25, 0.3) is 11.8 Å². The van der Waals surface area contributed by atoms with Gasteiger partial charge in [-0.05, 0) is 24.1 Å². The largest absolute Gasteiger partial charge is 0.451 e. The van der Waals surface area contributed by atoms with Crippen LogP contribution in [0.25, 0.3) is 0 Å². The highest BCUT2D eigenvalue weighted by Gasteiger charge is 2.33. The van der Waals surface area contributed by atoms with Gasteiger partial charge in [-0.25, -0.2) is 0 Å². The zero-order chi connectivity index (χ0) is 20.1. The maximum absolute atomic E-state index is 12.5. The van der Waals surface area contributed by atoms with Crippen molar-refractivity contribution in [2.24, 2.45) is 0 Å². The highest BCUT2D eigenvalue weighted by Crippen LogP contribution is 2.19. The highest BCUT2D eigenvalue weighted by atomic mass is 16.5. The molecule has 144 valence electrons. The second kappa shape index (κ2) is 8.47. The Morgan fingerprint density at radius 1 is 1.07 bits per heavy atom. The molecule has 1 aliphatic rings. The first kappa shape index (κ1) is 19.3. The lowest BCUT2D eigenvalue weighted by Gasteiger charge is -2.26. The predicted octanol–water partition coefficient (Wildman–Crippen LogP) is 1.46. The van der Waals surface area contributed by atoms with Crippen LogP contribution >= 0.6 is 0 Å². The molecule has 7 nitrogen and oxygen atoms in total. The minimum absolute atomic E-state index is 0.0440. The van der Waals surface area contributed by atoms with Gasteiger partial charge in [0.15, 0.2) is 6.10 Å². The molecule has 2 aromatic carbocycles. The van der Waals surface area contributed by atoms with Crippen molar-refractivity contribution in [2.75, 3.05) is 6.54 Å². The van der Waals surface area contributed by atoms with Crippen LogP contribution in [0.15, 0.2) is 54.6 Å². The van der Waals surface area contributed by atoms with Crippen molar-refractivity contribution in [1.29, 1.82) is 0 Å². The standard InChI is InChI=1S/C21H20N2O5/c1-14(20(26)22-12-15-7-3-2-4-8-15)28-19(25)13-23-18(24)11-16-9-5-6-10-17(16)21(23)27/h2-10,14H,11-13H2,1H3,(H,22,26)/t14-/m1/s1. The molecule has 0 aromatic heterocycles. The zero-order valence-electron chi connectivity index (χ0n) is 15.4. The van der Waals surface area contributed by atoms with Gasteiger partial charge in [-0.1, -0.05) is 48.5 Å². The molecular weight excluding hydrogens is 360 g/mol. The molecule has 1 aliphatic heterocycles. The van der Waals surface area contributed by atoms with Crippen molar-refractivity contribution in [2.45, 2.75) is 26.0 Å². The van der Waals surface area contributed by atoms with E-state index in [1.807, 2.05) is 30.3 Å². The van der Waals surface area contributed by atoms with E-state index in [9.17, 15) is 19.2 Å². The molecule has 0 unspecified atom stereocenters. The number of benzene rings is 2. The van der Waals surface area contributed by atoms with Gasteiger partial charge in [-0.2, -0.15) is 0 Å². The number of carbonyl (C=O) groups excluding carboxylic acids is 4. The molecule has 28 heavy (non-hydrogen) atoms. The zero-order valence-corrected chi connectivity index (χ0v) is 15.4. The number of ether oxygens (including phenoxy) is 1. The number of nitrogens with one attached hydrogen (secondary N) is 1. The fourth-order valence-corrected chi connectivity index (χ4v) is 2.91. The SMILES string of the molecule is C[C@@H](OC(=O)CN1C(=O)Cc2ccccc2C1=O)C(=O)NCc1ccccc1. The van der Waals surface area contributed by atoms with E-state index in [1.54, 1.807) is 24.3 Å². The minimum atomic E-state index is -1.04. The van der Waals surface area contributed by atoms with Crippen LogP contribution in [-0.4, -0.2) is 41.2 Å². The fourth-order valence-electron chi connectivity index (χ4n) is 2.91. The van der Waals surface area contributed by atoms with Crippen LogP contribution in [0.3, 0.4) is 0 Å². The van der Waals surface area contributed by atoms with E-state index in [0.717, 1.165) is 10.5 Å². The molecule has 0 fully saturated rings. The lowest BCUT2D eigenvalue weighted by atomic mass is 9.98. The Morgan fingerprint density at radius 3 is 2.50 bits per heavy atom. The van der Waals surface area contributed by atoms with Crippen molar-refractivity contribution in [3.8, 4) is 0 Å². The Bertz CT molecular complexity index is 910. The first-order chi connectivity index (χ1) is 13.5. The van der Waals surface area contributed by atoms with E-state index >= 15 is 0 Å². The topological polar surface area (TPSA) is 92.8 Å². The summed E-state index contributed by atoms with van der Waals surface area (Å²) >= 11 is 0. The molecule has 1 heterocycles. The summed E-state index contributed by atoms with van der Waals surface area (Å²) in [5.41, 5.74) is 1.94. The third-order valence-corrected chi connectivity index (χ3v) is 4.41. The number of rotatable bonds is 6. The van der Waals surface area contributed by atoms with Crippen molar-refractivity contribution in [3.05, 3.63) is 71.3 Å². The molecule has 0 saturated heterocycles. The van der Waals surface area contributed by atoms with Crippen LogP contribution in [0.4, 0.5) is 0 Å². The Balaban J connectivity index is 1.54. The molecule has 0 spiro atoms. The Labute approximate surface area is 162 Å². The van der Waals surface area contributed by atoms with Crippen LogP contribution in [-0.2, 0) is 32.1 Å². The first-order valence-electron chi connectivity index (χ1n) is 8.89. The van der Waals surface area contributed by atoms with E-state index < -0.39 is 36.3 Å². The van der Waals surface area contributed by atoms with Crippen LogP contribution in [0.5, 0.6) is 0 Å². The smallest absolute Gasteiger partial charge is 0.326 e. The van der Waals surface area contributed by atoms with Crippen molar-refractivity contribution >= 4 is 23.7 Å². The maximum Gasteiger partial charge on any atom is 0.326 e. The van der Waals surface area contributed by atoms with Gasteiger partial charge in [-0.15, -0.1) is 0 Å². The normalized spacial score (nSPS) is 14.2. The summed E-state index contributed by atoms with van der Waals surface area (Å²) in [7, 11) is 0. The van der Waals surface area contributed by atoms with E-state index in [-0.39, 0.29) is 6.42 Å². The number of hydrogen-bond donors (Lipinski definition) is 1. The van der Waals surface area contributed by atoms with Gasteiger partial charge < -0.3 is 10.1 Å². The van der Waals surface area contributed by atoms with E-state index in [0.29, 0.717) is 17.7 Å². The lowest BCUT2D eigenvalue weighted by Crippen LogP contribution is -2.46. The highest BCUT2D eigenvalue weighted by molar-refractivity contribution is 6.11. The van der Waals surface area contributed by atoms with Gasteiger partial charge in [0, 0.05) is 12.1 Å². The second-order valence-electron chi connectivity index (χ2n) is 6.45. The second-order valence-corrected chi connectivity index (χ2v) is 6.45. The van der Waals surface area contributed by atoms with E-state index in [2.05, 4.69) is 5.32 Å². The average Bonchev–Trinajstić information content (AvgIpc) is 2.70. The fraction of sp³-hybridized carbons (Fsp3) is 0.238. The molecule has 2 aromatic rings. The molecule has 0 saturated carbocycles. The number of imide groups is 1. The lowest BCUT2D eigenvalue weighted by molar-refractivity contribution is -0.156. The molecule has 0 aliphatic carbocycles. The number of fused-ring (bicyclic) bond motifs is 1. The molecule has 7 heteroatoms. The van der Waals surface area contributed by atoms with Crippen LogP contribution < -0.4 is 5.32 Å². The summed E-state index contributed by atoms with van der Waals surface area (Å²) in [6, 6.07) is 16.1. The number of esters is 1. The monoisotopic (exact) mass is 380 g/mol. The molecule has 1 atom stereocenters. The van der Waals surface area contributed by atoms with Crippen LogP contribution in [0.1, 0.15) is 28.4 Å². The molecule has 0 radical (unpaired) electrons. The van der Waals surface area contributed by atoms with Crippen LogP contribution in [0, 0.1) is 0 Å². The Kier molecular flexibility index (Phi) is 5.84. The van der Waals surface area contributed by atoms with E-state index in [4.69, 9.17) is 4.74 Å². The Morgan fingerprint density at radius 2 is 1.75 bits per heavy atom. The third-order valence-electron chi connectivity index (χ3n) is 4.41. The van der Waals surface area contributed by atoms with Gasteiger partial charge in [0.1, 0.15) is 6.54 Å². The van der Waals surface area contributed by atoms with E-state index in [1.165, 1.54) is 6.92 Å². The third kappa shape index (κ3) is 4.43. The summed E-state index contributed by atoms with van der Waals surface area (Å²) in [6.07, 6.45) is -0.999. The number of hydrogen-bond acceptors (Lipinski definition) is 5. The van der Waals surface area contributed by atoms with Crippen molar-refractivity contribution in [1.82, 2.24) is 10.2 Å². The summed E-state index contributed by atoms with van der Waals surface area (Å²) in [6.45, 7) is 1.22. The summed E-state index contributed by atoms with van der Waals surface area (Å²) < 4.78 is 5.09. The number of nitrogens with zero attached hydrogens (tertiary/aromatic N) is 1. The van der Waals surface area contributed by atoms with Gasteiger partial charge in [0.05, 0.1) is 6.42 Å². The van der Waals surface area contributed by atoms with Crippen LogP contribution in [0.2, 0.25) is 0 Å². The number of amides is 3. The molecular formula is C21H20N2O5. The van der Waals surface area contributed by atoms with Gasteiger partial charge in [0.2, 0.25) is 5.91 Å². The summed E-state index contributed by atoms with van der Waals surface area (Å²) in [5.74, 6) is -2.28. The summed E-state index contributed by atoms with van der Waals surface area (Å²) in [5, 5.41) is 2.67. The molecule has 0 bridgehead atoms. The maximum atomic E-state index is 12.5. The quantitative estimate of drug-likeness (QED) is 0.605. The average molecular weight is 380 g/mol. The number of carbonyl (C=O) groups is 4. The first-order valence-corrected chi connectivity index (χ1v) is 8.89. The minimum Gasteiger partial charge on any atom is -0.451 e. The molecule has 3 amide bonds. The van der Waals surface area contributed by atoms with Crippen molar-refractivity contribution < 1.29 is 23.9 Å².